The number of carbonyl (C=O) groups is 2. The minimum absolute atomic E-state index is 0.202. The van der Waals surface area contributed by atoms with Gasteiger partial charge in [0, 0.05) is 19.6 Å². The Morgan fingerprint density at radius 1 is 1.19 bits per heavy atom. The highest BCUT2D eigenvalue weighted by atomic mass is 16.6. The van der Waals surface area contributed by atoms with Gasteiger partial charge in [0.25, 0.3) is 0 Å². The van der Waals surface area contributed by atoms with Gasteiger partial charge in [-0.3, -0.25) is 9.69 Å². The molecule has 0 saturated carbocycles. The van der Waals surface area contributed by atoms with Crippen LogP contribution in [0.3, 0.4) is 0 Å². The van der Waals surface area contributed by atoms with Crippen LogP contribution in [0, 0.1) is 0 Å². The van der Waals surface area contributed by atoms with Crippen molar-refractivity contribution in [2.24, 2.45) is 0 Å². The van der Waals surface area contributed by atoms with Gasteiger partial charge in [-0.25, -0.2) is 9.69 Å². The zero-order valence-electron chi connectivity index (χ0n) is 12.8. The maximum Gasteiger partial charge on any atom is 0.417 e. The lowest BCUT2D eigenvalue weighted by molar-refractivity contribution is -0.135. The lowest BCUT2D eigenvalue weighted by atomic mass is 10.2. The number of amides is 2. The summed E-state index contributed by atoms with van der Waals surface area (Å²) in [7, 11) is 0. The van der Waals surface area contributed by atoms with Crippen molar-refractivity contribution in [3.8, 4) is 0 Å². The smallest absolute Gasteiger partial charge is 0.417 e. The summed E-state index contributed by atoms with van der Waals surface area (Å²) >= 11 is 0. The molecule has 5 nitrogen and oxygen atoms in total. The molecular formula is C16H22N2O3. The molecule has 1 aliphatic rings. The summed E-state index contributed by atoms with van der Waals surface area (Å²) in [5.74, 6) is -0.202. The van der Waals surface area contributed by atoms with Gasteiger partial charge in [0.1, 0.15) is 5.60 Å². The van der Waals surface area contributed by atoms with E-state index in [1.807, 2.05) is 35.2 Å². The molecule has 0 radical (unpaired) electrons. The summed E-state index contributed by atoms with van der Waals surface area (Å²) in [4.78, 5) is 27.3. The number of hydrogen-bond donors (Lipinski definition) is 0. The van der Waals surface area contributed by atoms with Crippen molar-refractivity contribution in [2.45, 2.75) is 32.9 Å². The molecule has 21 heavy (non-hydrogen) atoms. The Morgan fingerprint density at radius 3 is 2.43 bits per heavy atom. The fraction of sp³-hybridized carbons (Fsp3) is 0.500. The summed E-state index contributed by atoms with van der Waals surface area (Å²) < 4.78 is 5.25. The van der Waals surface area contributed by atoms with Gasteiger partial charge in [-0.15, -0.1) is 0 Å². The van der Waals surface area contributed by atoms with E-state index in [-0.39, 0.29) is 12.5 Å². The molecule has 1 saturated heterocycles. The van der Waals surface area contributed by atoms with Crippen LogP contribution in [0.5, 0.6) is 0 Å². The Labute approximate surface area is 125 Å². The normalized spacial score (nSPS) is 16.9. The number of imide groups is 1. The quantitative estimate of drug-likeness (QED) is 0.838. The number of hydrogen-bond acceptors (Lipinski definition) is 4. The van der Waals surface area contributed by atoms with Gasteiger partial charge in [-0.1, -0.05) is 30.3 Å². The monoisotopic (exact) mass is 290 g/mol. The molecule has 1 aromatic carbocycles. The van der Waals surface area contributed by atoms with Crippen molar-refractivity contribution in [1.29, 1.82) is 0 Å². The minimum Gasteiger partial charge on any atom is -0.443 e. The number of nitrogens with zero attached hydrogens (tertiary/aromatic N) is 2. The Bertz CT molecular complexity index is 508. The molecular weight excluding hydrogens is 268 g/mol. The zero-order chi connectivity index (χ0) is 15.5. The molecule has 0 N–H and O–H groups in total. The molecule has 1 fully saturated rings. The number of carbonyl (C=O) groups excluding carboxylic acids is 2. The Hall–Kier alpha value is -1.88. The van der Waals surface area contributed by atoms with Crippen LogP contribution in [0.25, 0.3) is 0 Å². The largest absolute Gasteiger partial charge is 0.443 e. The molecule has 0 atom stereocenters. The lowest BCUT2D eigenvalue weighted by Crippen LogP contribution is -2.53. The van der Waals surface area contributed by atoms with E-state index < -0.39 is 11.7 Å². The molecule has 0 aromatic heterocycles. The molecule has 114 valence electrons. The van der Waals surface area contributed by atoms with E-state index in [2.05, 4.69) is 0 Å². The van der Waals surface area contributed by atoms with E-state index >= 15 is 0 Å². The van der Waals surface area contributed by atoms with Crippen LogP contribution < -0.4 is 0 Å². The second kappa shape index (κ2) is 6.26. The maximum atomic E-state index is 12.1. The van der Waals surface area contributed by atoms with E-state index in [1.165, 1.54) is 4.90 Å². The Balaban J connectivity index is 1.90. The molecule has 0 spiro atoms. The minimum atomic E-state index is -0.585. The van der Waals surface area contributed by atoms with E-state index in [0.717, 1.165) is 12.1 Å². The van der Waals surface area contributed by atoms with Gasteiger partial charge in [-0.05, 0) is 26.3 Å². The molecule has 0 aliphatic carbocycles. The lowest BCUT2D eigenvalue weighted by Gasteiger charge is -2.34. The molecule has 5 heteroatoms. The second-order valence-corrected chi connectivity index (χ2v) is 6.22. The van der Waals surface area contributed by atoms with E-state index in [1.54, 1.807) is 20.8 Å². The first-order valence-corrected chi connectivity index (χ1v) is 7.15. The second-order valence-electron chi connectivity index (χ2n) is 6.22. The first kappa shape index (κ1) is 15.5. The SMILES string of the molecule is CC(C)(C)OC(=O)N1CCN(Cc2ccccc2)CC1=O. The highest BCUT2D eigenvalue weighted by Gasteiger charge is 2.31. The van der Waals surface area contributed by atoms with Gasteiger partial charge < -0.3 is 4.74 Å². The van der Waals surface area contributed by atoms with Crippen molar-refractivity contribution in [3.63, 3.8) is 0 Å². The number of rotatable bonds is 2. The molecule has 1 aliphatic heterocycles. The van der Waals surface area contributed by atoms with Gasteiger partial charge in [0.2, 0.25) is 5.91 Å². The highest BCUT2D eigenvalue weighted by Crippen LogP contribution is 2.14. The predicted molar refractivity (Wildman–Crippen MR) is 79.7 cm³/mol. The third kappa shape index (κ3) is 4.56. The van der Waals surface area contributed by atoms with Gasteiger partial charge in [0.05, 0.1) is 6.54 Å². The standard InChI is InChI=1S/C16H22N2O3/c1-16(2,3)21-15(20)18-10-9-17(12-14(18)19)11-13-7-5-4-6-8-13/h4-8H,9-12H2,1-3H3. The third-order valence-electron chi connectivity index (χ3n) is 3.16. The van der Waals surface area contributed by atoms with Crippen molar-refractivity contribution in [3.05, 3.63) is 35.9 Å². The summed E-state index contributed by atoms with van der Waals surface area (Å²) in [5.41, 5.74) is 0.578. The molecule has 2 amide bonds. The summed E-state index contributed by atoms with van der Waals surface area (Å²) in [6.45, 7) is 7.38. The van der Waals surface area contributed by atoms with Crippen LogP contribution in [-0.4, -0.2) is 47.0 Å². The summed E-state index contributed by atoms with van der Waals surface area (Å²) in [5, 5.41) is 0. The molecule has 1 heterocycles. The average molecular weight is 290 g/mol. The van der Waals surface area contributed by atoms with Crippen molar-refractivity contribution >= 4 is 12.0 Å². The third-order valence-corrected chi connectivity index (χ3v) is 3.16. The van der Waals surface area contributed by atoms with Crippen molar-refractivity contribution in [2.75, 3.05) is 19.6 Å². The Morgan fingerprint density at radius 2 is 1.86 bits per heavy atom. The van der Waals surface area contributed by atoms with Crippen LogP contribution in [-0.2, 0) is 16.1 Å². The van der Waals surface area contributed by atoms with Crippen LogP contribution in [0.2, 0.25) is 0 Å². The zero-order valence-corrected chi connectivity index (χ0v) is 12.8. The Kier molecular flexibility index (Phi) is 4.63. The number of ether oxygens (including phenoxy) is 1. The van der Waals surface area contributed by atoms with Crippen LogP contribution in [0.1, 0.15) is 26.3 Å². The van der Waals surface area contributed by atoms with E-state index in [9.17, 15) is 9.59 Å². The molecule has 0 bridgehead atoms. The highest BCUT2D eigenvalue weighted by molar-refractivity contribution is 5.93. The summed E-state index contributed by atoms with van der Waals surface area (Å²) in [6, 6.07) is 9.99. The predicted octanol–water partition coefficient (Wildman–Crippen LogP) is 2.27. The van der Waals surface area contributed by atoms with Gasteiger partial charge in [0.15, 0.2) is 0 Å². The maximum absolute atomic E-state index is 12.1. The summed E-state index contributed by atoms with van der Waals surface area (Å²) in [6.07, 6.45) is -0.549. The first-order chi connectivity index (χ1) is 9.85. The van der Waals surface area contributed by atoms with Crippen molar-refractivity contribution in [1.82, 2.24) is 9.80 Å². The van der Waals surface area contributed by atoms with Crippen LogP contribution in [0.15, 0.2) is 30.3 Å². The number of piperazine rings is 1. The fourth-order valence-corrected chi connectivity index (χ4v) is 2.21. The van der Waals surface area contributed by atoms with Crippen LogP contribution in [0.4, 0.5) is 4.79 Å². The number of benzene rings is 1. The molecule has 2 rings (SSSR count). The first-order valence-electron chi connectivity index (χ1n) is 7.15. The van der Waals surface area contributed by atoms with E-state index in [0.29, 0.717) is 13.1 Å². The topological polar surface area (TPSA) is 49.9 Å². The van der Waals surface area contributed by atoms with Crippen LogP contribution >= 0.6 is 0 Å². The van der Waals surface area contributed by atoms with Gasteiger partial charge in [-0.2, -0.15) is 0 Å². The fourth-order valence-electron chi connectivity index (χ4n) is 2.21. The molecule has 0 unspecified atom stereocenters. The van der Waals surface area contributed by atoms with Gasteiger partial charge >= 0.3 is 6.09 Å². The van der Waals surface area contributed by atoms with E-state index in [4.69, 9.17) is 4.74 Å². The molecule has 1 aromatic rings. The van der Waals surface area contributed by atoms with Crippen molar-refractivity contribution < 1.29 is 14.3 Å². The average Bonchev–Trinajstić information content (AvgIpc) is 2.37.